The molecule has 0 aromatic rings. The third-order valence-electron chi connectivity index (χ3n) is 3.84. The van der Waals surface area contributed by atoms with Crippen molar-refractivity contribution in [2.75, 3.05) is 0 Å². The Bertz CT molecular complexity index is 290. The van der Waals surface area contributed by atoms with Gasteiger partial charge in [0, 0.05) is 11.8 Å². The van der Waals surface area contributed by atoms with Crippen molar-refractivity contribution >= 4 is 0 Å². The summed E-state index contributed by atoms with van der Waals surface area (Å²) in [5.74, 6) is 3.26. The molecular formula is C15H26O2. The minimum atomic E-state index is -0.531. The quantitative estimate of drug-likeness (QED) is 0.701. The summed E-state index contributed by atoms with van der Waals surface area (Å²) in [5.41, 5.74) is 0. The van der Waals surface area contributed by atoms with Gasteiger partial charge in [-0.3, -0.25) is 0 Å². The summed E-state index contributed by atoms with van der Waals surface area (Å²) in [6, 6.07) is 0. The molecule has 1 heterocycles. The molecule has 0 N–H and O–H groups in total. The van der Waals surface area contributed by atoms with Crippen molar-refractivity contribution in [1.82, 2.24) is 0 Å². The highest BCUT2D eigenvalue weighted by Gasteiger charge is 2.44. The first-order chi connectivity index (χ1) is 7.82. The summed E-state index contributed by atoms with van der Waals surface area (Å²) in [6.07, 6.45) is 6.96. The third-order valence-corrected chi connectivity index (χ3v) is 3.84. The van der Waals surface area contributed by atoms with Crippen LogP contribution in [0, 0.1) is 30.1 Å². The van der Waals surface area contributed by atoms with Crippen LogP contribution in [-0.4, -0.2) is 18.0 Å². The van der Waals surface area contributed by atoms with E-state index in [0.29, 0.717) is 11.8 Å². The van der Waals surface area contributed by atoms with E-state index in [-0.39, 0.29) is 18.1 Å². The molecule has 1 rings (SSSR count). The monoisotopic (exact) mass is 238 g/mol. The molecule has 1 saturated heterocycles. The second-order valence-electron chi connectivity index (χ2n) is 5.76. The maximum atomic E-state index is 6.07. The van der Waals surface area contributed by atoms with Crippen LogP contribution in [0.1, 0.15) is 48.0 Å². The van der Waals surface area contributed by atoms with Crippen LogP contribution in [0.4, 0.5) is 0 Å². The highest BCUT2D eigenvalue weighted by atomic mass is 16.7. The van der Waals surface area contributed by atoms with Gasteiger partial charge >= 0.3 is 0 Å². The van der Waals surface area contributed by atoms with Crippen molar-refractivity contribution in [2.24, 2.45) is 17.8 Å². The van der Waals surface area contributed by atoms with Crippen molar-refractivity contribution in [2.45, 2.75) is 66.0 Å². The lowest BCUT2D eigenvalue weighted by Gasteiger charge is -2.48. The van der Waals surface area contributed by atoms with E-state index in [1.165, 1.54) is 0 Å². The van der Waals surface area contributed by atoms with E-state index in [0.717, 1.165) is 6.42 Å². The number of hydrogen-bond donors (Lipinski definition) is 0. The van der Waals surface area contributed by atoms with Crippen molar-refractivity contribution in [3.8, 4) is 12.3 Å². The van der Waals surface area contributed by atoms with Crippen molar-refractivity contribution < 1.29 is 9.47 Å². The smallest absolute Gasteiger partial charge is 0.163 e. The summed E-state index contributed by atoms with van der Waals surface area (Å²) in [6.45, 7) is 12.6. The molecular weight excluding hydrogens is 212 g/mol. The summed E-state index contributed by atoms with van der Waals surface area (Å²) in [5, 5.41) is 0. The molecule has 0 bridgehead atoms. The van der Waals surface area contributed by atoms with Gasteiger partial charge in [-0.25, -0.2) is 0 Å². The van der Waals surface area contributed by atoms with E-state index in [1.54, 1.807) is 0 Å². The van der Waals surface area contributed by atoms with Gasteiger partial charge in [-0.15, -0.1) is 12.3 Å². The predicted octanol–water partition coefficient (Wildman–Crippen LogP) is 3.46. The first kappa shape index (κ1) is 14.5. The molecule has 0 aliphatic carbocycles. The van der Waals surface area contributed by atoms with Crippen LogP contribution in [0.5, 0.6) is 0 Å². The zero-order chi connectivity index (χ0) is 13.2. The van der Waals surface area contributed by atoms with E-state index in [4.69, 9.17) is 15.9 Å². The summed E-state index contributed by atoms with van der Waals surface area (Å²) in [4.78, 5) is 0. The average molecular weight is 238 g/mol. The predicted molar refractivity (Wildman–Crippen MR) is 70.4 cm³/mol. The maximum Gasteiger partial charge on any atom is 0.163 e. The molecule has 17 heavy (non-hydrogen) atoms. The van der Waals surface area contributed by atoms with Crippen LogP contribution in [0.15, 0.2) is 0 Å². The lowest BCUT2D eigenvalue weighted by atomic mass is 9.82. The van der Waals surface area contributed by atoms with Gasteiger partial charge in [0.1, 0.15) is 0 Å². The van der Waals surface area contributed by atoms with E-state index in [2.05, 4.69) is 33.6 Å². The molecule has 2 heteroatoms. The van der Waals surface area contributed by atoms with Gasteiger partial charge in [0.25, 0.3) is 0 Å². The van der Waals surface area contributed by atoms with Crippen LogP contribution >= 0.6 is 0 Å². The summed E-state index contributed by atoms with van der Waals surface area (Å²) < 4.78 is 12.1. The van der Waals surface area contributed by atoms with Gasteiger partial charge in [-0.05, 0) is 26.7 Å². The normalized spacial score (nSPS) is 35.9. The van der Waals surface area contributed by atoms with E-state index in [9.17, 15) is 0 Å². The van der Waals surface area contributed by atoms with Gasteiger partial charge in [-0.2, -0.15) is 0 Å². The van der Waals surface area contributed by atoms with Crippen molar-refractivity contribution in [3.63, 3.8) is 0 Å². The molecule has 5 atom stereocenters. The third kappa shape index (κ3) is 3.24. The second-order valence-corrected chi connectivity index (χ2v) is 5.76. The number of terminal acetylenes is 1. The van der Waals surface area contributed by atoms with Gasteiger partial charge in [0.05, 0.1) is 12.2 Å². The minimum Gasteiger partial charge on any atom is -0.347 e. The molecule has 2 nitrogen and oxygen atoms in total. The molecule has 0 spiro atoms. The Morgan fingerprint density at radius 3 is 2.24 bits per heavy atom. The first-order valence-corrected chi connectivity index (χ1v) is 6.64. The molecule has 1 fully saturated rings. The molecule has 98 valence electrons. The lowest BCUT2D eigenvalue weighted by molar-refractivity contribution is -0.331. The molecule has 0 saturated carbocycles. The topological polar surface area (TPSA) is 18.5 Å². The molecule has 0 amide bonds. The molecule has 1 aliphatic rings. The van der Waals surface area contributed by atoms with E-state index in [1.807, 2.05) is 13.8 Å². The molecule has 1 aliphatic heterocycles. The zero-order valence-corrected chi connectivity index (χ0v) is 12.0. The molecule has 0 aromatic heterocycles. The largest absolute Gasteiger partial charge is 0.347 e. The van der Waals surface area contributed by atoms with Crippen LogP contribution < -0.4 is 0 Å². The Balaban J connectivity index is 2.91. The number of rotatable bonds is 3. The van der Waals surface area contributed by atoms with Crippen LogP contribution in [-0.2, 0) is 9.47 Å². The van der Waals surface area contributed by atoms with Crippen LogP contribution in [0.3, 0.4) is 0 Å². The van der Waals surface area contributed by atoms with E-state index >= 15 is 0 Å². The van der Waals surface area contributed by atoms with Crippen molar-refractivity contribution in [3.05, 3.63) is 0 Å². The van der Waals surface area contributed by atoms with Crippen LogP contribution in [0.25, 0.3) is 0 Å². The number of hydrogen-bond acceptors (Lipinski definition) is 2. The van der Waals surface area contributed by atoms with Crippen molar-refractivity contribution in [1.29, 1.82) is 0 Å². The summed E-state index contributed by atoms with van der Waals surface area (Å²) in [7, 11) is 0. The fourth-order valence-corrected chi connectivity index (χ4v) is 2.60. The highest BCUT2D eigenvalue weighted by Crippen LogP contribution is 2.37. The Hall–Kier alpha value is -0.520. The summed E-state index contributed by atoms with van der Waals surface area (Å²) >= 11 is 0. The molecule has 0 radical (unpaired) electrons. The Morgan fingerprint density at radius 2 is 1.76 bits per heavy atom. The van der Waals surface area contributed by atoms with Gasteiger partial charge in [0.2, 0.25) is 0 Å². The van der Waals surface area contributed by atoms with Gasteiger partial charge in [0.15, 0.2) is 5.79 Å². The van der Waals surface area contributed by atoms with E-state index < -0.39 is 5.79 Å². The minimum absolute atomic E-state index is 0.0859. The van der Waals surface area contributed by atoms with Gasteiger partial charge in [-0.1, -0.05) is 27.2 Å². The fourth-order valence-electron chi connectivity index (χ4n) is 2.60. The lowest BCUT2D eigenvalue weighted by Crippen LogP contribution is -2.53. The highest BCUT2D eigenvalue weighted by molar-refractivity contribution is 4.99. The first-order valence-electron chi connectivity index (χ1n) is 6.64. The Labute approximate surface area is 106 Å². The molecule has 0 unspecified atom stereocenters. The fraction of sp³-hybridized carbons (Fsp3) is 0.867. The SMILES string of the molecule is C#C[C@@H](C)[C@H]1OC(C)(C)O[C@H]([C@@H](C)CC)[C@@H]1C. The molecule has 0 aromatic carbocycles. The Morgan fingerprint density at radius 1 is 1.24 bits per heavy atom. The zero-order valence-electron chi connectivity index (χ0n) is 12.0. The average Bonchev–Trinajstić information content (AvgIpc) is 2.29. The number of ether oxygens (including phenoxy) is 2. The second kappa shape index (κ2) is 5.42. The maximum absolute atomic E-state index is 6.07. The van der Waals surface area contributed by atoms with Gasteiger partial charge < -0.3 is 9.47 Å². The Kier molecular flexibility index (Phi) is 4.63. The standard InChI is InChI=1S/C15H26O2/c1-8-10(3)13-12(5)14(11(4)9-2)17-15(6,7)16-13/h1,10-14H,9H2,2-7H3/t10-,11+,12-,13-,14-/m1/s1. The van der Waals surface area contributed by atoms with Crippen LogP contribution in [0.2, 0.25) is 0 Å².